The zero-order chi connectivity index (χ0) is 35.8. The fourth-order valence-electron chi connectivity index (χ4n) is 4.15. The fraction of sp³-hybridized carbons (Fsp3) is 0.283. The van der Waals surface area contributed by atoms with Crippen molar-refractivity contribution in [2.75, 3.05) is 0 Å². The van der Waals surface area contributed by atoms with Gasteiger partial charge in [0.05, 0.1) is 0 Å². The van der Waals surface area contributed by atoms with Crippen LogP contribution in [-0.4, -0.2) is 6.21 Å². The van der Waals surface area contributed by atoms with E-state index >= 15 is 0 Å². The third-order valence-electron chi connectivity index (χ3n) is 7.25. The van der Waals surface area contributed by atoms with Crippen LogP contribution in [0.25, 0.3) is 22.3 Å². The van der Waals surface area contributed by atoms with Crippen molar-refractivity contribution in [3.05, 3.63) is 167 Å². The van der Waals surface area contributed by atoms with E-state index in [9.17, 15) is 0 Å². The van der Waals surface area contributed by atoms with Gasteiger partial charge in [0.1, 0.15) is 0 Å². The van der Waals surface area contributed by atoms with E-state index in [1.165, 1.54) is 56.3 Å². The molecule has 0 saturated carbocycles. The van der Waals surface area contributed by atoms with E-state index in [0.29, 0.717) is 0 Å². The zero-order valence-corrected chi connectivity index (χ0v) is 31.3. The van der Waals surface area contributed by atoms with Crippen molar-refractivity contribution in [3.8, 4) is 11.1 Å². The maximum absolute atomic E-state index is 6.76. The monoisotopic (exact) mass is 627 g/mol. The lowest BCUT2D eigenvalue weighted by atomic mass is 10.0. The molecule has 0 spiro atoms. The number of rotatable bonds is 7. The van der Waals surface area contributed by atoms with E-state index < -0.39 is 0 Å². The first kappa shape index (κ1) is 42.5. The predicted octanol–water partition coefficient (Wildman–Crippen LogP) is 14.2. The SMILES string of the molecule is C=C(C)c1ccc(-c2ccccc2)cc1.C=C(C=C(C)C)c1ccccc1C.CC.CC(C)=C(C)C=N.CCc1cccc(CC)c1. The van der Waals surface area contributed by atoms with Gasteiger partial charge in [0.2, 0.25) is 0 Å². The third kappa shape index (κ3) is 17.7. The van der Waals surface area contributed by atoms with Crippen molar-refractivity contribution in [3.63, 3.8) is 0 Å². The molecule has 0 radical (unpaired) electrons. The van der Waals surface area contributed by atoms with E-state index in [1.807, 2.05) is 53.7 Å². The summed E-state index contributed by atoms with van der Waals surface area (Å²) in [4.78, 5) is 0. The third-order valence-corrected chi connectivity index (χ3v) is 7.25. The highest BCUT2D eigenvalue weighted by Gasteiger charge is 1.99. The Kier molecular flexibility index (Phi) is 22.3. The Morgan fingerprint density at radius 1 is 0.638 bits per heavy atom. The Morgan fingerprint density at radius 3 is 1.53 bits per heavy atom. The van der Waals surface area contributed by atoms with E-state index in [0.717, 1.165) is 29.6 Å². The molecule has 0 aliphatic carbocycles. The quantitative estimate of drug-likeness (QED) is 0.156. The lowest BCUT2D eigenvalue weighted by Crippen LogP contribution is -1.84. The summed E-state index contributed by atoms with van der Waals surface area (Å²) in [7, 11) is 0. The first-order chi connectivity index (χ1) is 22.4. The van der Waals surface area contributed by atoms with Crippen LogP contribution >= 0.6 is 0 Å². The summed E-state index contributed by atoms with van der Waals surface area (Å²) in [6.07, 6.45) is 5.78. The zero-order valence-electron chi connectivity index (χ0n) is 31.3. The second-order valence-electron chi connectivity index (χ2n) is 11.6. The molecule has 1 nitrogen and oxygen atoms in total. The maximum Gasteiger partial charge on any atom is 0.0206 e. The number of aryl methyl sites for hydroxylation is 3. The molecule has 1 heteroatoms. The van der Waals surface area contributed by atoms with Crippen LogP contribution in [0.1, 0.15) is 97.1 Å². The van der Waals surface area contributed by atoms with Crippen molar-refractivity contribution in [2.45, 2.75) is 89.0 Å². The van der Waals surface area contributed by atoms with Crippen molar-refractivity contribution in [1.82, 2.24) is 0 Å². The van der Waals surface area contributed by atoms with Gasteiger partial charge in [-0.15, -0.1) is 0 Å². The molecule has 4 rings (SSSR count). The van der Waals surface area contributed by atoms with Crippen LogP contribution in [0, 0.1) is 12.3 Å². The standard InChI is InChI=1S/C15H14.C13H16.C10H14.C6H11N.C2H6/c1-12(2)13-8-10-15(11-9-13)14-6-4-3-5-7-14;1-10(2)9-12(4)13-8-6-5-7-11(13)3;1-3-9-6-5-7-10(4-2)8-9;1-5(2)6(3)4-7;1-2/h3-11H,1H2,2H3;5-9H,4H2,1-3H3;5-8H,3-4H2,1-2H3;4,7H,1-3H3;1-2H3. The highest BCUT2D eigenvalue weighted by molar-refractivity contribution is 5.75. The van der Waals surface area contributed by atoms with Gasteiger partial charge in [-0.25, -0.2) is 0 Å². The minimum Gasteiger partial charge on any atom is -0.308 e. The second kappa shape index (κ2) is 24.7. The van der Waals surface area contributed by atoms with Gasteiger partial charge in [-0.05, 0) is 111 Å². The van der Waals surface area contributed by atoms with Crippen molar-refractivity contribution >= 4 is 17.4 Å². The molecule has 0 aliphatic rings. The Morgan fingerprint density at radius 2 is 1.13 bits per heavy atom. The molecule has 0 bridgehead atoms. The van der Waals surface area contributed by atoms with Gasteiger partial charge >= 0.3 is 0 Å². The van der Waals surface area contributed by atoms with Crippen LogP contribution in [0.2, 0.25) is 0 Å². The number of allylic oxidation sites excluding steroid dienone is 6. The van der Waals surface area contributed by atoms with Crippen molar-refractivity contribution in [2.24, 2.45) is 0 Å². The normalized spacial score (nSPS) is 9.17. The largest absolute Gasteiger partial charge is 0.308 e. The summed E-state index contributed by atoms with van der Waals surface area (Å²) in [5.74, 6) is 0. The molecule has 4 aromatic rings. The van der Waals surface area contributed by atoms with E-state index in [2.05, 4.69) is 145 Å². The molecule has 0 heterocycles. The van der Waals surface area contributed by atoms with Gasteiger partial charge in [-0.1, -0.05) is 167 Å². The molecule has 1 N–H and O–H groups in total. The van der Waals surface area contributed by atoms with Crippen LogP contribution < -0.4 is 0 Å². The minimum atomic E-state index is 1.06. The molecule has 0 atom stereocenters. The smallest absolute Gasteiger partial charge is 0.0206 e. The van der Waals surface area contributed by atoms with E-state index in [1.54, 1.807) is 0 Å². The van der Waals surface area contributed by atoms with Gasteiger partial charge in [0, 0.05) is 6.21 Å². The van der Waals surface area contributed by atoms with E-state index in [4.69, 9.17) is 5.41 Å². The van der Waals surface area contributed by atoms with Crippen LogP contribution in [0.3, 0.4) is 0 Å². The van der Waals surface area contributed by atoms with Crippen LogP contribution in [0.4, 0.5) is 0 Å². The number of benzene rings is 4. The number of nitrogens with one attached hydrogen (secondary N) is 1. The maximum atomic E-state index is 6.76. The number of hydrogen-bond acceptors (Lipinski definition) is 1. The molecule has 47 heavy (non-hydrogen) atoms. The predicted molar refractivity (Wildman–Crippen MR) is 216 cm³/mol. The molecule has 0 saturated heterocycles. The summed E-state index contributed by atoms with van der Waals surface area (Å²) in [6, 6.07) is 36.0. The molecular weight excluding hydrogens is 567 g/mol. The summed E-state index contributed by atoms with van der Waals surface area (Å²) in [5, 5.41) is 6.76. The van der Waals surface area contributed by atoms with Crippen LogP contribution in [-0.2, 0) is 12.8 Å². The van der Waals surface area contributed by atoms with Crippen LogP contribution in [0.15, 0.2) is 139 Å². The lowest BCUT2D eigenvalue weighted by molar-refractivity contribution is 1.09. The molecule has 0 amide bonds. The lowest BCUT2D eigenvalue weighted by Gasteiger charge is -2.05. The topological polar surface area (TPSA) is 23.9 Å². The van der Waals surface area contributed by atoms with Crippen LogP contribution in [0.5, 0.6) is 0 Å². The molecule has 0 unspecified atom stereocenters. The highest BCUT2D eigenvalue weighted by Crippen LogP contribution is 2.21. The molecule has 4 aromatic carbocycles. The first-order valence-electron chi connectivity index (χ1n) is 16.9. The van der Waals surface area contributed by atoms with Crippen molar-refractivity contribution in [1.29, 1.82) is 5.41 Å². The average molecular weight is 628 g/mol. The second-order valence-corrected chi connectivity index (χ2v) is 11.6. The summed E-state index contributed by atoms with van der Waals surface area (Å²) in [6.45, 7) is 30.6. The van der Waals surface area contributed by atoms with Gasteiger partial charge < -0.3 is 5.41 Å². The fourth-order valence-corrected chi connectivity index (χ4v) is 4.15. The Balaban J connectivity index is 0.000000609. The molecule has 250 valence electrons. The Labute approximate surface area is 289 Å². The number of hydrogen-bond donors (Lipinski definition) is 1. The van der Waals surface area contributed by atoms with Gasteiger partial charge in [0.25, 0.3) is 0 Å². The molecular formula is C46H61N. The van der Waals surface area contributed by atoms with Crippen molar-refractivity contribution < 1.29 is 0 Å². The van der Waals surface area contributed by atoms with Gasteiger partial charge in [0.15, 0.2) is 0 Å². The summed E-state index contributed by atoms with van der Waals surface area (Å²) < 4.78 is 0. The van der Waals surface area contributed by atoms with Gasteiger partial charge in [-0.3, -0.25) is 0 Å². The summed E-state index contributed by atoms with van der Waals surface area (Å²) in [5.41, 5.74) is 14.9. The first-order valence-corrected chi connectivity index (χ1v) is 16.9. The molecule has 0 fully saturated rings. The molecule has 0 aliphatic heterocycles. The summed E-state index contributed by atoms with van der Waals surface area (Å²) >= 11 is 0. The average Bonchev–Trinajstić information content (AvgIpc) is 3.09. The molecule has 0 aromatic heterocycles. The Bertz CT molecular complexity index is 1520. The van der Waals surface area contributed by atoms with Gasteiger partial charge in [-0.2, -0.15) is 0 Å². The minimum absolute atomic E-state index is 1.06. The Hall–Kier alpha value is -4.49. The van der Waals surface area contributed by atoms with E-state index in [-0.39, 0.29) is 0 Å². The highest BCUT2D eigenvalue weighted by atomic mass is 14.3.